The van der Waals surface area contributed by atoms with Crippen LogP contribution in [-0.2, 0) is 0 Å². The van der Waals surface area contributed by atoms with Gasteiger partial charge in [0.15, 0.2) is 0 Å². The summed E-state index contributed by atoms with van der Waals surface area (Å²) in [6.45, 7) is 2.09. The maximum Gasteiger partial charge on any atom is 0.255 e. The summed E-state index contributed by atoms with van der Waals surface area (Å²) in [5.41, 5.74) is 3.51. The van der Waals surface area contributed by atoms with E-state index in [2.05, 4.69) is 22.7 Å². The van der Waals surface area contributed by atoms with Gasteiger partial charge in [0.25, 0.3) is 5.91 Å². The molecule has 1 aromatic rings. The van der Waals surface area contributed by atoms with E-state index in [0.717, 1.165) is 12.8 Å². The highest BCUT2D eigenvalue weighted by Gasteiger charge is 2.30. The zero-order valence-electron chi connectivity index (χ0n) is 9.99. The van der Waals surface area contributed by atoms with E-state index in [1.807, 2.05) is 0 Å². The Balaban J connectivity index is 2.14. The molecule has 1 aromatic heterocycles. The lowest BCUT2D eigenvalue weighted by molar-refractivity contribution is 0.0908. The van der Waals surface area contributed by atoms with Gasteiger partial charge in [-0.05, 0) is 25.8 Å². The summed E-state index contributed by atoms with van der Waals surface area (Å²) in [6, 6.07) is 1.69. The Labute approximate surface area is 101 Å². The number of nitrogens with one attached hydrogen (secondary N) is 2. The lowest BCUT2D eigenvalue weighted by Crippen LogP contribution is -2.43. The second-order valence-corrected chi connectivity index (χ2v) is 4.79. The van der Waals surface area contributed by atoms with Gasteiger partial charge in [0.05, 0.1) is 11.3 Å². The minimum atomic E-state index is -0.115. The summed E-state index contributed by atoms with van der Waals surface area (Å²) in [7, 11) is 0. The molecule has 1 heterocycles. The van der Waals surface area contributed by atoms with Crippen molar-refractivity contribution in [3.05, 3.63) is 24.0 Å². The molecule has 1 aliphatic carbocycles. The largest absolute Gasteiger partial charge is 0.347 e. The fourth-order valence-electron chi connectivity index (χ4n) is 2.32. The Morgan fingerprint density at radius 3 is 2.82 bits per heavy atom. The fourth-order valence-corrected chi connectivity index (χ4v) is 2.32. The van der Waals surface area contributed by atoms with Gasteiger partial charge in [-0.15, -0.1) is 0 Å². The van der Waals surface area contributed by atoms with Gasteiger partial charge in [-0.1, -0.05) is 12.8 Å². The Hall–Kier alpha value is -1.62. The number of carbonyl (C=O) groups is 1. The average molecular weight is 234 g/mol. The number of rotatable bonds is 3. The molecule has 0 atom stereocenters. The smallest absolute Gasteiger partial charge is 0.255 e. The second kappa shape index (κ2) is 4.71. The lowest BCUT2D eigenvalue weighted by atomic mass is 10.00. The first kappa shape index (κ1) is 11.9. The SMILES string of the molecule is CC1(NC(=O)c2cnccc2NN)CCCC1. The van der Waals surface area contributed by atoms with E-state index >= 15 is 0 Å². The van der Waals surface area contributed by atoms with Gasteiger partial charge in [0, 0.05) is 17.9 Å². The van der Waals surface area contributed by atoms with Crippen LogP contribution in [-0.4, -0.2) is 16.4 Å². The molecule has 4 N–H and O–H groups in total. The zero-order valence-corrected chi connectivity index (χ0v) is 9.99. The van der Waals surface area contributed by atoms with Crippen LogP contribution in [0.25, 0.3) is 0 Å². The molecule has 1 aliphatic rings. The number of pyridine rings is 1. The fraction of sp³-hybridized carbons (Fsp3) is 0.500. The van der Waals surface area contributed by atoms with Crippen molar-refractivity contribution < 1.29 is 4.79 Å². The van der Waals surface area contributed by atoms with Crippen molar-refractivity contribution in [1.29, 1.82) is 0 Å². The Bertz CT molecular complexity index is 413. The summed E-state index contributed by atoms with van der Waals surface area (Å²) in [4.78, 5) is 16.1. The number of hydrogen-bond donors (Lipinski definition) is 3. The highest BCUT2D eigenvalue weighted by Crippen LogP contribution is 2.29. The van der Waals surface area contributed by atoms with Gasteiger partial charge >= 0.3 is 0 Å². The molecule has 1 amide bonds. The molecule has 0 spiro atoms. The molecule has 0 aromatic carbocycles. The molecule has 0 bridgehead atoms. The van der Waals surface area contributed by atoms with Gasteiger partial charge in [0.1, 0.15) is 0 Å². The van der Waals surface area contributed by atoms with E-state index in [4.69, 9.17) is 5.84 Å². The van der Waals surface area contributed by atoms with E-state index in [1.54, 1.807) is 12.3 Å². The number of hydrazine groups is 1. The molecule has 1 saturated carbocycles. The first-order valence-corrected chi connectivity index (χ1v) is 5.88. The van der Waals surface area contributed by atoms with Crippen LogP contribution in [0.5, 0.6) is 0 Å². The maximum atomic E-state index is 12.1. The third kappa shape index (κ3) is 2.55. The number of nitrogens with zero attached hydrogens (tertiary/aromatic N) is 1. The second-order valence-electron chi connectivity index (χ2n) is 4.79. The van der Waals surface area contributed by atoms with E-state index < -0.39 is 0 Å². The topological polar surface area (TPSA) is 80.0 Å². The highest BCUT2D eigenvalue weighted by molar-refractivity contribution is 5.99. The number of carbonyl (C=O) groups excluding carboxylic acids is 1. The van der Waals surface area contributed by atoms with Crippen LogP contribution < -0.4 is 16.6 Å². The van der Waals surface area contributed by atoms with Gasteiger partial charge in [0.2, 0.25) is 0 Å². The molecule has 17 heavy (non-hydrogen) atoms. The first-order valence-electron chi connectivity index (χ1n) is 5.88. The minimum Gasteiger partial charge on any atom is -0.347 e. The van der Waals surface area contributed by atoms with Crippen LogP contribution in [0.15, 0.2) is 18.5 Å². The number of nitrogen functional groups attached to an aromatic ring is 1. The van der Waals surface area contributed by atoms with E-state index in [9.17, 15) is 4.79 Å². The minimum absolute atomic E-state index is 0.0845. The van der Waals surface area contributed by atoms with Crippen LogP contribution >= 0.6 is 0 Å². The lowest BCUT2D eigenvalue weighted by Gasteiger charge is -2.25. The molecule has 0 aliphatic heterocycles. The Morgan fingerprint density at radius 1 is 1.47 bits per heavy atom. The molecule has 5 nitrogen and oxygen atoms in total. The highest BCUT2D eigenvalue weighted by atomic mass is 16.1. The number of amides is 1. The predicted octanol–water partition coefficient (Wildman–Crippen LogP) is 1.43. The van der Waals surface area contributed by atoms with E-state index in [0.29, 0.717) is 11.3 Å². The summed E-state index contributed by atoms with van der Waals surface area (Å²) >= 11 is 0. The van der Waals surface area contributed by atoms with Crippen LogP contribution in [0.2, 0.25) is 0 Å². The number of nitrogens with two attached hydrogens (primary N) is 1. The van der Waals surface area contributed by atoms with E-state index in [-0.39, 0.29) is 11.4 Å². The van der Waals surface area contributed by atoms with Crippen molar-refractivity contribution in [2.45, 2.75) is 38.1 Å². The van der Waals surface area contributed by atoms with Crippen LogP contribution in [0.4, 0.5) is 5.69 Å². The van der Waals surface area contributed by atoms with Crippen molar-refractivity contribution >= 4 is 11.6 Å². The van der Waals surface area contributed by atoms with Crippen molar-refractivity contribution in [3.8, 4) is 0 Å². The molecule has 92 valence electrons. The molecule has 2 rings (SSSR count). The third-order valence-electron chi connectivity index (χ3n) is 3.34. The van der Waals surface area contributed by atoms with Gasteiger partial charge < -0.3 is 10.7 Å². The Morgan fingerprint density at radius 2 is 2.18 bits per heavy atom. The quantitative estimate of drug-likeness (QED) is 0.546. The first-order chi connectivity index (χ1) is 8.14. The molecule has 0 unspecified atom stereocenters. The molecular formula is C12H18N4O. The summed E-state index contributed by atoms with van der Waals surface area (Å²) in [5, 5.41) is 3.07. The van der Waals surface area contributed by atoms with Crippen LogP contribution in [0, 0.1) is 0 Å². The summed E-state index contributed by atoms with van der Waals surface area (Å²) in [6.07, 6.45) is 7.54. The standard InChI is InChI=1S/C12H18N4O/c1-12(5-2-3-6-12)15-11(17)9-8-14-7-4-10(9)16-13/h4,7-8H,2-3,5-6,13H2,1H3,(H,14,16)(H,15,17). The molecule has 1 fully saturated rings. The van der Waals surface area contributed by atoms with Crippen molar-refractivity contribution in [3.63, 3.8) is 0 Å². The molecule has 5 heteroatoms. The average Bonchev–Trinajstić information content (AvgIpc) is 2.75. The van der Waals surface area contributed by atoms with Gasteiger partial charge in [-0.2, -0.15) is 0 Å². The van der Waals surface area contributed by atoms with Crippen molar-refractivity contribution in [1.82, 2.24) is 10.3 Å². The van der Waals surface area contributed by atoms with Gasteiger partial charge in [-0.3, -0.25) is 15.6 Å². The van der Waals surface area contributed by atoms with Gasteiger partial charge in [-0.25, -0.2) is 0 Å². The molecular weight excluding hydrogens is 216 g/mol. The Kier molecular flexibility index (Phi) is 3.28. The number of hydrogen-bond acceptors (Lipinski definition) is 4. The maximum absolute atomic E-state index is 12.1. The summed E-state index contributed by atoms with van der Waals surface area (Å²) < 4.78 is 0. The predicted molar refractivity (Wildman–Crippen MR) is 66.4 cm³/mol. The number of anilines is 1. The monoisotopic (exact) mass is 234 g/mol. The van der Waals surface area contributed by atoms with E-state index in [1.165, 1.54) is 19.0 Å². The molecule has 0 saturated heterocycles. The van der Waals surface area contributed by atoms with Crippen LogP contribution in [0.3, 0.4) is 0 Å². The normalized spacial score (nSPS) is 17.8. The zero-order chi connectivity index (χ0) is 12.3. The third-order valence-corrected chi connectivity index (χ3v) is 3.34. The van der Waals surface area contributed by atoms with Crippen molar-refractivity contribution in [2.75, 3.05) is 5.43 Å². The number of aromatic nitrogens is 1. The van der Waals surface area contributed by atoms with Crippen LogP contribution in [0.1, 0.15) is 43.0 Å². The molecule has 0 radical (unpaired) electrons. The summed E-state index contributed by atoms with van der Waals surface area (Å²) in [5.74, 6) is 5.26. The van der Waals surface area contributed by atoms with Crippen molar-refractivity contribution in [2.24, 2.45) is 5.84 Å².